The molecule has 0 heterocycles. The van der Waals surface area contributed by atoms with Gasteiger partial charge in [-0.25, -0.2) is 4.39 Å². The fourth-order valence-corrected chi connectivity index (χ4v) is 0.823. The van der Waals surface area contributed by atoms with Crippen LogP contribution in [0.3, 0.4) is 0 Å². The molecule has 2 nitrogen and oxygen atoms in total. The van der Waals surface area contributed by atoms with Crippen molar-refractivity contribution in [2.75, 3.05) is 13.3 Å². The van der Waals surface area contributed by atoms with E-state index in [2.05, 4.69) is 6.92 Å². The van der Waals surface area contributed by atoms with Crippen LogP contribution in [0.25, 0.3) is 0 Å². The van der Waals surface area contributed by atoms with E-state index in [1.54, 1.807) is 24.3 Å². The number of alkyl halides is 1. The van der Waals surface area contributed by atoms with Gasteiger partial charge in [0.05, 0.1) is 0 Å². The highest BCUT2D eigenvalue weighted by molar-refractivity contribution is 5.28. The van der Waals surface area contributed by atoms with Crippen LogP contribution in [-0.4, -0.2) is 24.5 Å². The molecule has 0 amide bonds. The molecule has 1 radical (unpaired) electrons. The third kappa shape index (κ3) is 3.42. The molecule has 1 N–H and O–H groups in total. The van der Waals surface area contributed by atoms with Crippen LogP contribution in [0.5, 0.6) is 5.75 Å². The molecule has 0 saturated heterocycles. The Kier molecular flexibility index (Phi) is 3.71. The van der Waals surface area contributed by atoms with Crippen LogP contribution < -0.4 is 4.74 Å². The van der Waals surface area contributed by atoms with Crippen molar-refractivity contribution in [3.05, 3.63) is 36.8 Å². The lowest BCUT2D eigenvalue weighted by molar-refractivity contribution is 0.0842. The number of rotatable bonds is 4. The Morgan fingerprint density at radius 3 is 2.54 bits per heavy atom. The first kappa shape index (κ1) is 9.99. The van der Waals surface area contributed by atoms with Gasteiger partial charge in [-0.2, -0.15) is 0 Å². The van der Waals surface area contributed by atoms with E-state index in [0.29, 0.717) is 5.75 Å². The van der Waals surface area contributed by atoms with Crippen LogP contribution in [0, 0.1) is 6.92 Å². The van der Waals surface area contributed by atoms with Crippen molar-refractivity contribution >= 4 is 0 Å². The molecule has 3 heteroatoms. The Morgan fingerprint density at radius 2 is 2.00 bits per heavy atom. The van der Waals surface area contributed by atoms with Gasteiger partial charge in [-0.3, -0.25) is 0 Å². The molecule has 1 atom stereocenters. The lowest BCUT2D eigenvalue weighted by Gasteiger charge is -2.08. The Balaban J connectivity index is 2.41. The van der Waals surface area contributed by atoms with Gasteiger partial charge in [0.25, 0.3) is 0 Å². The zero-order valence-electron chi connectivity index (χ0n) is 7.24. The minimum Gasteiger partial charge on any atom is -0.491 e. The summed E-state index contributed by atoms with van der Waals surface area (Å²) < 4.78 is 16.9. The molecule has 0 aliphatic heterocycles. The molecule has 1 aromatic carbocycles. The molecule has 0 aliphatic rings. The fourth-order valence-electron chi connectivity index (χ4n) is 0.823. The third-order valence-electron chi connectivity index (χ3n) is 1.54. The number of ether oxygens (including phenoxy) is 1. The van der Waals surface area contributed by atoms with Gasteiger partial charge in [-0.05, 0) is 24.6 Å². The second-order valence-corrected chi connectivity index (χ2v) is 2.76. The molecule has 13 heavy (non-hydrogen) atoms. The summed E-state index contributed by atoms with van der Waals surface area (Å²) >= 11 is 0. The van der Waals surface area contributed by atoms with Crippen LogP contribution in [0.1, 0.15) is 5.56 Å². The maximum Gasteiger partial charge on any atom is 0.119 e. The van der Waals surface area contributed by atoms with Crippen molar-refractivity contribution in [1.82, 2.24) is 0 Å². The number of hydrogen-bond donors (Lipinski definition) is 1. The lowest BCUT2D eigenvalue weighted by atomic mass is 10.2. The van der Waals surface area contributed by atoms with E-state index < -0.39 is 12.8 Å². The average molecular weight is 183 g/mol. The number of benzene rings is 1. The van der Waals surface area contributed by atoms with Gasteiger partial charge in [-0.1, -0.05) is 12.1 Å². The fraction of sp³-hybridized carbons (Fsp3) is 0.300. The van der Waals surface area contributed by atoms with Crippen molar-refractivity contribution in [3.8, 4) is 5.75 Å². The minimum atomic E-state index is -1.04. The molecular weight excluding hydrogens is 171 g/mol. The predicted molar refractivity (Wildman–Crippen MR) is 48.4 cm³/mol. The van der Waals surface area contributed by atoms with Crippen LogP contribution in [-0.2, 0) is 0 Å². The Labute approximate surface area is 77.0 Å². The molecule has 0 saturated carbocycles. The number of aliphatic hydroxyl groups excluding tert-OH is 1. The van der Waals surface area contributed by atoms with Gasteiger partial charge >= 0.3 is 0 Å². The highest BCUT2D eigenvalue weighted by Crippen LogP contribution is 2.11. The molecular formula is C10H12FO2. The summed E-state index contributed by atoms with van der Waals surface area (Å²) in [5, 5.41) is 8.86. The molecule has 1 unspecified atom stereocenters. The second kappa shape index (κ2) is 4.82. The maximum atomic E-state index is 11.8. The summed E-state index contributed by atoms with van der Waals surface area (Å²) in [6, 6.07) is 7.04. The van der Waals surface area contributed by atoms with Crippen molar-refractivity contribution in [2.24, 2.45) is 0 Å². The van der Waals surface area contributed by atoms with E-state index in [4.69, 9.17) is 9.84 Å². The third-order valence-corrected chi connectivity index (χ3v) is 1.54. The van der Waals surface area contributed by atoms with Crippen molar-refractivity contribution < 1.29 is 14.2 Å². The standard InChI is InChI=1S/C10H12FO2/c1-8-2-4-10(5-3-8)13-7-9(12)6-11/h2-5,9,12H,1,6-7H2. The number of aliphatic hydroxyl groups is 1. The Bertz CT molecular complexity index is 246. The quantitative estimate of drug-likeness (QED) is 0.767. The molecule has 0 spiro atoms. The Morgan fingerprint density at radius 1 is 1.38 bits per heavy atom. The normalized spacial score (nSPS) is 12.5. The predicted octanol–water partition coefficient (Wildman–Crippen LogP) is 1.58. The Hall–Kier alpha value is -1.09. The van der Waals surface area contributed by atoms with Gasteiger partial charge in [0, 0.05) is 0 Å². The topological polar surface area (TPSA) is 29.5 Å². The number of hydrogen-bond acceptors (Lipinski definition) is 2. The number of halogens is 1. The second-order valence-electron chi connectivity index (χ2n) is 2.76. The van der Waals surface area contributed by atoms with E-state index in [9.17, 15) is 4.39 Å². The van der Waals surface area contributed by atoms with E-state index in [1.165, 1.54) is 0 Å². The molecule has 71 valence electrons. The smallest absolute Gasteiger partial charge is 0.119 e. The lowest BCUT2D eigenvalue weighted by Crippen LogP contribution is -2.19. The first-order valence-electron chi connectivity index (χ1n) is 4.01. The van der Waals surface area contributed by atoms with Crippen molar-refractivity contribution in [3.63, 3.8) is 0 Å². The maximum absolute atomic E-state index is 11.8. The van der Waals surface area contributed by atoms with Gasteiger partial charge in [0.15, 0.2) is 0 Å². The van der Waals surface area contributed by atoms with Crippen molar-refractivity contribution in [1.29, 1.82) is 0 Å². The van der Waals surface area contributed by atoms with Gasteiger partial charge in [0.1, 0.15) is 25.1 Å². The molecule has 1 rings (SSSR count). The van der Waals surface area contributed by atoms with Gasteiger partial charge in [0.2, 0.25) is 0 Å². The van der Waals surface area contributed by atoms with E-state index in [-0.39, 0.29) is 6.61 Å². The SMILES string of the molecule is [CH2]c1ccc(OCC(O)CF)cc1. The average Bonchev–Trinajstić information content (AvgIpc) is 2.16. The van der Waals surface area contributed by atoms with Crippen LogP contribution in [0.15, 0.2) is 24.3 Å². The molecule has 0 aliphatic carbocycles. The van der Waals surface area contributed by atoms with Crippen LogP contribution in [0.4, 0.5) is 4.39 Å². The summed E-state index contributed by atoms with van der Waals surface area (Å²) in [5.74, 6) is 0.611. The molecule has 1 aromatic rings. The minimum absolute atomic E-state index is 0.0208. The van der Waals surface area contributed by atoms with Crippen LogP contribution >= 0.6 is 0 Å². The highest BCUT2D eigenvalue weighted by Gasteiger charge is 2.03. The zero-order valence-corrected chi connectivity index (χ0v) is 7.24. The summed E-state index contributed by atoms with van der Waals surface area (Å²) in [7, 11) is 0. The van der Waals surface area contributed by atoms with E-state index in [1.807, 2.05) is 0 Å². The monoisotopic (exact) mass is 183 g/mol. The summed E-state index contributed by atoms with van der Waals surface area (Å²) in [6.45, 7) is 2.90. The van der Waals surface area contributed by atoms with E-state index >= 15 is 0 Å². The van der Waals surface area contributed by atoms with Gasteiger partial charge in [-0.15, -0.1) is 0 Å². The highest BCUT2D eigenvalue weighted by atomic mass is 19.1. The van der Waals surface area contributed by atoms with Gasteiger partial charge < -0.3 is 9.84 Å². The molecule has 0 bridgehead atoms. The summed E-state index contributed by atoms with van der Waals surface area (Å²) in [4.78, 5) is 0. The largest absolute Gasteiger partial charge is 0.491 e. The first-order chi connectivity index (χ1) is 6.22. The summed E-state index contributed by atoms with van der Waals surface area (Å²) in [6.07, 6.45) is -1.04. The summed E-state index contributed by atoms with van der Waals surface area (Å²) in [5.41, 5.74) is 0.887. The molecule has 0 fully saturated rings. The van der Waals surface area contributed by atoms with E-state index in [0.717, 1.165) is 5.56 Å². The zero-order chi connectivity index (χ0) is 9.68. The molecule has 0 aromatic heterocycles. The first-order valence-corrected chi connectivity index (χ1v) is 4.01. The van der Waals surface area contributed by atoms with Crippen molar-refractivity contribution in [2.45, 2.75) is 6.10 Å². The van der Waals surface area contributed by atoms with Crippen LogP contribution in [0.2, 0.25) is 0 Å².